The zero-order valence-corrected chi connectivity index (χ0v) is 14.5. The highest BCUT2D eigenvalue weighted by molar-refractivity contribution is 6.02. The molecule has 2 fully saturated rings. The van der Waals surface area contributed by atoms with E-state index in [2.05, 4.69) is 33.1 Å². The Kier molecular flexibility index (Phi) is 4.25. The van der Waals surface area contributed by atoms with Crippen molar-refractivity contribution in [3.8, 4) is 5.75 Å². The summed E-state index contributed by atoms with van der Waals surface area (Å²) in [4.78, 5) is 30.5. The number of likely N-dealkylation sites (N-methyl/N-ethyl adjacent to an activating group) is 1. The number of amides is 2. The van der Waals surface area contributed by atoms with Crippen molar-refractivity contribution in [1.82, 2.24) is 10.2 Å². The van der Waals surface area contributed by atoms with E-state index in [1.807, 2.05) is 12.1 Å². The Balaban J connectivity index is 1.63. The molecule has 3 aliphatic heterocycles. The van der Waals surface area contributed by atoms with Gasteiger partial charge in [0.05, 0.1) is 17.9 Å². The average molecular weight is 344 g/mol. The van der Waals surface area contributed by atoms with Gasteiger partial charge in [0.2, 0.25) is 11.8 Å². The van der Waals surface area contributed by atoms with E-state index in [0.717, 1.165) is 43.3 Å². The number of nitrogens with zero attached hydrogens (tertiary/aromatic N) is 3. The second kappa shape index (κ2) is 6.55. The number of rotatable bonds is 2. The summed E-state index contributed by atoms with van der Waals surface area (Å²) >= 11 is 0. The number of hydrogen-bond donors (Lipinski definition) is 1. The molecule has 25 heavy (non-hydrogen) atoms. The summed E-state index contributed by atoms with van der Waals surface area (Å²) in [6, 6.07) is 5.83. The smallest absolute Gasteiger partial charge is 0.249 e. The molecule has 0 spiro atoms. The van der Waals surface area contributed by atoms with Crippen molar-refractivity contribution in [2.45, 2.75) is 18.9 Å². The number of ether oxygens (including phenoxy) is 1. The number of piperazine rings is 1. The van der Waals surface area contributed by atoms with Crippen molar-refractivity contribution in [2.24, 2.45) is 0 Å². The lowest BCUT2D eigenvalue weighted by atomic mass is 10.0. The highest BCUT2D eigenvalue weighted by Gasteiger charge is 2.35. The molecule has 134 valence electrons. The van der Waals surface area contributed by atoms with Crippen molar-refractivity contribution in [1.29, 1.82) is 0 Å². The lowest BCUT2D eigenvalue weighted by molar-refractivity contribution is -0.134. The maximum absolute atomic E-state index is 12.3. The molecule has 7 heteroatoms. The maximum Gasteiger partial charge on any atom is 0.249 e. The first kappa shape index (κ1) is 16.2. The van der Waals surface area contributed by atoms with E-state index in [1.54, 1.807) is 0 Å². The van der Waals surface area contributed by atoms with E-state index in [4.69, 9.17) is 4.74 Å². The number of imide groups is 1. The second-order valence-corrected chi connectivity index (χ2v) is 6.92. The summed E-state index contributed by atoms with van der Waals surface area (Å²) in [5.74, 6) is 0.484. The highest BCUT2D eigenvalue weighted by Crippen LogP contribution is 2.42. The number of carbonyl (C=O) groups excluding carboxylic acids is 2. The van der Waals surface area contributed by atoms with Crippen LogP contribution in [0.2, 0.25) is 0 Å². The third kappa shape index (κ3) is 3.04. The summed E-state index contributed by atoms with van der Waals surface area (Å²) in [5, 5.41) is 2.46. The van der Waals surface area contributed by atoms with Gasteiger partial charge in [0.25, 0.3) is 0 Å². The van der Waals surface area contributed by atoms with E-state index in [1.165, 1.54) is 0 Å². The largest absolute Gasteiger partial charge is 0.487 e. The van der Waals surface area contributed by atoms with Gasteiger partial charge < -0.3 is 19.4 Å². The molecule has 1 aromatic rings. The van der Waals surface area contributed by atoms with Crippen molar-refractivity contribution in [3.05, 3.63) is 18.2 Å². The summed E-state index contributed by atoms with van der Waals surface area (Å²) < 4.78 is 6.02. The van der Waals surface area contributed by atoms with Crippen LogP contribution < -0.4 is 19.9 Å². The number of hydrogen-bond acceptors (Lipinski definition) is 6. The van der Waals surface area contributed by atoms with Crippen LogP contribution in [0.25, 0.3) is 0 Å². The lowest BCUT2D eigenvalue weighted by Gasteiger charge is -2.41. The molecular formula is C18H24N4O3. The van der Waals surface area contributed by atoms with Gasteiger partial charge in [0, 0.05) is 32.6 Å². The Morgan fingerprint density at radius 2 is 1.84 bits per heavy atom. The van der Waals surface area contributed by atoms with E-state index in [-0.39, 0.29) is 17.9 Å². The zero-order chi connectivity index (χ0) is 17.4. The third-order valence-corrected chi connectivity index (χ3v) is 5.29. The number of carbonyl (C=O) groups is 2. The number of anilines is 2. The van der Waals surface area contributed by atoms with Crippen LogP contribution in [-0.4, -0.2) is 69.1 Å². The van der Waals surface area contributed by atoms with Gasteiger partial charge in [-0.15, -0.1) is 0 Å². The van der Waals surface area contributed by atoms with Gasteiger partial charge in [-0.05, 0) is 25.6 Å². The summed E-state index contributed by atoms with van der Waals surface area (Å²) in [7, 11) is 2.14. The number of nitrogens with one attached hydrogen (secondary N) is 1. The standard InChI is InChI=1S/C18H24N4O3/c1-20-7-9-21(10-8-20)13-3-2-4-14-17(13)25-12-11-22(14)15-5-6-16(23)19-18(15)24/h2-4,15H,5-12H2,1H3,(H,19,23,24). The molecule has 0 aliphatic carbocycles. The van der Waals surface area contributed by atoms with Crippen molar-refractivity contribution >= 4 is 23.2 Å². The average Bonchev–Trinajstić information content (AvgIpc) is 2.62. The van der Waals surface area contributed by atoms with Gasteiger partial charge in [0.1, 0.15) is 12.6 Å². The Hall–Kier alpha value is -2.28. The minimum absolute atomic E-state index is 0.180. The van der Waals surface area contributed by atoms with Crippen molar-refractivity contribution in [3.63, 3.8) is 0 Å². The van der Waals surface area contributed by atoms with E-state index in [9.17, 15) is 9.59 Å². The molecule has 0 bridgehead atoms. The fraction of sp³-hybridized carbons (Fsp3) is 0.556. The lowest BCUT2D eigenvalue weighted by Crippen LogP contribution is -2.54. The van der Waals surface area contributed by atoms with Gasteiger partial charge in [-0.25, -0.2) is 0 Å². The summed E-state index contributed by atoms with van der Waals surface area (Å²) in [5.41, 5.74) is 2.06. The summed E-state index contributed by atoms with van der Waals surface area (Å²) in [6.07, 6.45) is 0.949. The van der Waals surface area contributed by atoms with Gasteiger partial charge >= 0.3 is 0 Å². The fourth-order valence-electron chi connectivity index (χ4n) is 3.85. The maximum atomic E-state index is 12.3. The topological polar surface area (TPSA) is 65.1 Å². The molecular weight excluding hydrogens is 320 g/mol. The first-order valence-electron chi connectivity index (χ1n) is 8.93. The summed E-state index contributed by atoms with van der Waals surface area (Å²) in [6.45, 7) is 5.20. The SMILES string of the molecule is CN1CCN(c2cccc3c2OCCN3C2CCC(=O)NC2=O)CC1. The Morgan fingerprint density at radius 3 is 2.60 bits per heavy atom. The van der Waals surface area contributed by atoms with Crippen molar-refractivity contribution in [2.75, 3.05) is 56.2 Å². The number of fused-ring (bicyclic) bond motifs is 1. The molecule has 1 N–H and O–H groups in total. The monoisotopic (exact) mass is 344 g/mol. The van der Waals surface area contributed by atoms with Gasteiger partial charge in [0.15, 0.2) is 5.75 Å². The van der Waals surface area contributed by atoms with Crippen LogP contribution >= 0.6 is 0 Å². The molecule has 3 aliphatic rings. The molecule has 7 nitrogen and oxygen atoms in total. The van der Waals surface area contributed by atoms with Crippen LogP contribution in [0.4, 0.5) is 11.4 Å². The molecule has 0 radical (unpaired) electrons. The van der Waals surface area contributed by atoms with E-state index < -0.39 is 0 Å². The van der Waals surface area contributed by atoms with Crippen LogP contribution in [0, 0.1) is 0 Å². The molecule has 3 heterocycles. The number of benzene rings is 1. The van der Waals surface area contributed by atoms with Crippen molar-refractivity contribution < 1.29 is 14.3 Å². The van der Waals surface area contributed by atoms with Crippen LogP contribution in [-0.2, 0) is 9.59 Å². The normalized spacial score (nSPS) is 24.6. The second-order valence-electron chi connectivity index (χ2n) is 6.92. The Bertz CT molecular complexity index is 685. The van der Waals surface area contributed by atoms with Gasteiger partial charge in [-0.3, -0.25) is 14.9 Å². The zero-order valence-electron chi connectivity index (χ0n) is 14.5. The molecule has 2 amide bonds. The Morgan fingerprint density at radius 1 is 1.08 bits per heavy atom. The highest BCUT2D eigenvalue weighted by atomic mass is 16.5. The predicted molar refractivity (Wildman–Crippen MR) is 95.2 cm³/mol. The van der Waals surface area contributed by atoms with Crippen LogP contribution in [0.3, 0.4) is 0 Å². The van der Waals surface area contributed by atoms with Crippen LogP contribution in [0.15, 0.2) is 18.2 Å². The molecule has 1 unspecified atom stereocenters. The fourth-order valence-corrected chi connectivity index (χ4v) is 3.85. The minimum Gasteiger partial charge on any atom is -0.487 e. The minimum atomic E-state index is -0.303. The predicted octanol–water partition coefficient (Wildman–Crippen LogP) is 0.442. The number of para-hydroxylation sites is 1. The molecule has 1 atom stereocenters. The van der Waals surface area contributed by atoms with Gasteiger partial charge in [-0.1, -0.05) is 6.07 Å². The first-order valence-corrected chi connectivity index (χ1v) is 8.93. The van der Waals surface area contributed by atoms with Gasteiger partial charge in [-0.2, -0.15) is 0 Å². The molecule has 2 saturated heterocycles. The molecule has 4 rings (SSSR count). The molecule has 0 aromatic heterocycles. The Labute approximate surface area is 147 Å². The third-order valence-electron chi connectivity index (χ3n) is 5.29. The quantitative estimate of drug-likeness (QED) is 0.786. The first-order chi connectivity index (χ1) is 12.1. The van der Waals surface area contributed by atoms with E-state index in [0.29, 0.717) is 26.0 Å². The number of piperidine rings is 1. The molecule has 1 aromatic carbocycles. The van der Waals surface area contributed by atoms with Crippen LogP contribution in [0.5, 0.6) is 5.75 Å². The molecule has 0 saturated carbocycles. The van der Waals surface area contributed by atoms with Crippen LogP contribution in [0.1, 0.15) is 12.8 Å². The van der Waals surface area contributed by atoms with E-state index >= 15 is 0 Å².